The third kappa shape index (κ3) is 2.80. The van der Waals surface area contributed by atoms with Gasteiger partial charge in [-0.3, -0.25) is 0 Å². The molecule has 4 heteroatoms. The molecule has 1 aromatic carbocycles. The fourth-order valence-electron chi connectivity index (χ4n) is 2.23. The third-order valence-corrected chi connectivity index (χ3v) is 3.78. The summed E-state index contributed by atoms with van der Waals surface area (Å²) in [6, 6.07) is 8.05. The minimum Gasteiger partial charge on any atom is -0.384 e. The first-order valence-electron chi connectivity index (χ1n) is 5.68. The number of anilines is 1. The maximum absolute atomic E-state index is 8.88. The largest absolute Gasteiger partial charge is 0.384 e. The Balaban J connectivity index is 2.09. The molecule has 1 saturated heterocycles. The van der Waals surface area contributed by atoms with E-state index in [1.807, 2.05) is 18.2 Å². The average molecular weight is 295 g/mol. The zero-order chi connectivity index (χ0) is 12.3. The molecule has 1 aliphatic rings. The molecule has 0 aliphatic carbocycles. The summed E-state index contributed by atoms with van der Waals surface area (Å²) in [6.07, 6.45) is 1.17. The highest BCUT2D eigenvalue weighted by atomic mass is 79.9. The van der Waals surface area contributed by atoms with Gasteiger partial charge in [0.15, 0.2) is 0 Å². The predicted octanol–water partition coefficient (Wildman–Crippen LogP) is 2.79. The minimum atomic E-state index is 0.620. The molecule has 0 radical (unpaired) electrons. The lowest BCUT2D eigenvalue weighted by Gasteiger charge is -2.19. The Morgan fingerprint density at radius 1 is 1.59 bits per heavy atom. The molecule has 0 aromatic heterocycles. The molecule has 17 heavy (non-hydrogen) atoms. The van der Waals surface area contributed by atoms with Crippen LogP contribution in [0.1, 0.15) is 12.0 Å². The third-order valence-electron chi connectivity index (χ3n) is 3.13. The number of halogens is 1. The second-order valence-corrected chi connectivity index (χ2v) is 5.19. The summed E-state index contributed by atoms with van der Waals surface area (Å²) in [6.45, 7) is 2.92. The first kappa shape index (κ1) is 12.4. The van der Waals surface area contributed by atoms with Crippen LogP contribution in [0.4, 0.5) is 5.69 Å². The van der Waals surface area contributed by atoms with Crippen molar-refractivity contribution in [2.45, 2.75) is 6.42 Å². The SMILES string of the molecule is COCC1CCN(c2ccc(C#N)c(Br)c2)C1. The van der Waals surface area contributed by atoms with Crippen LogP contribution in [0.2, 0.25) is 0 Å². The van der Waals surface area contributed by atoms with Gasteiger partial charge in [0.25, 0.3) is 0 Å². The molecule has 0 saturated carbocycles. The van der Waals surface area contributed by atoms with Crippen LogP contribution in [-0.2, 0) is 4.74 Å². The van der Waals surface area contributed by atoms with E-state index in [0.717, 1.165) is 24.2 Å². The number of nitriles is 1. The van der Waals surface area contributed by atoms with E-state index in [1.54, 1.807) is 7.11 Å². The molecule has 0 amide bonds. The summed E-state index contributed by atoms with van der Waals surface area (Å²) in [4.78, 5) is 2.34. The molecule has 1 unspecified atom stereocenters. The minimum absolute atomic E-state index is 0.620. The van der Waals surface area contributed by atoms with Crippen LogP contribution in [0.3, 0.4) is 0 Å². The second kappa shape index (κ2) is 5.52. The van der Waals surface area contributed by atoms with Crippen molar-refractivity contribution in [1.82, 2.24) is 0 Å². The smallest absolute Gasteiger partial charge is 0.100 e. The van der Waals surface area contributed by atoms with Gasteiger partial charge < -0.3 is 9.64 Å². The van der Waals surface area contributed by atoms with E-state index in [4.69, 9.17) is 10.00 Å². The Bertz CT molecular complexity index is 442. The van der Waals surface area contributed by atoms with E-state index in [-0.39, 0.29) is 0 Å². The van der Waals surface area contributed by atoms with Crippen molar-refractivity contribution < 1.29 is 4.74 Å². The van der Waals surface area contributed by atoms with Gasteiger partial charge in [0, 0.05) is 36.3 Å². The summed E-state index contributed by atoms with van der Waals surface area (Å²) < 4.78 is 6.06. The topological polar surface area (TPSA) is 36.3 Å². The Morgan fingerprint density at radius 2 is 2.41 bits per heavy atom. The summed E-state index contributed by atoms with van der Waals surface area (Å²) in [5.41, 5.74) is 1.86. The lowest BCUT2D eigenvalue weighted by molar-refractivity contribution is 0.161. The average Bonchev–Trinajstić information content (AvgIpc) is 2.78. The lowest BCUT2D eigenvalue weighted by Crippen LogP contribution is -2.20. The number of nitrogens with zero attached hydrogens (tertiary/aromatic N) is 2. The molecular formula is C13H15BrN2O. The van der Waals surface area contributed by atoms with Crippen LogP contribution in [0.15, 0.2) is 22.7 Å². The fourth-order valence-corrected chi connectivity index (χ4v) is 2.69. The highest BCUT2D eigenvalue weighted by molar-refractivity contribution is 9.10. The van der Waals surface area contributed by atoms with Crippen LogP contribution >= 0.6 is 15.9 Å². The number of rotatable bonds is 3. The molecule has 1 heterocycles. The summed E-state index contributed by atoms with van der Waals surface area (Å²) in [5.74, 6) is 0.620. The monoisotopic (exact) mass is 294 g/mol. The zero-order valence-electron chi connectivity index (χ0n) is 9.82. The first-order chi connectivity index (χ1) is 8.24. The molecule has 1 aromatic rings. The summed E-state index contributed by atoms with van der Waals surface area (Å²) in [7, 11) is 1.75. The van der Waals surface area contributed by atoms with E-state index in [2.05, 4.69) is 26.9 Å². The lowest BCUT2D eigenvalue weighted by atomic mass is 10.1. The van der Waals surface area contributed by atoms with Gasteiger partial charge in [-0.15, -0.1) is 0 Å². The van der Waals surface area contributed by atoms with Crippen molar-refractivity contribution in [3.63, 3.8) is 0 Å². The van der Waals surface area contributed by atoms with Crippen LogP contribution in [-0.4, -0.2) is 26.8 Å². The maximum atomic E-state index is 8.88. The number of hydrogen-bond acceptors (Lipinski definition) is 3. The molecule has 1 fully saturated rings. The van der Waals surface area contributed by atoms with Gasteiger partial charge in [0.05, 0.1) is 12.2 Å². The molecule has 1 atom stereocenters. The molecule has 2 rings (SSSR count). The van der Waals surface area contributed by atoms with Crippen molar-refractivity contribution >= 4 is 21.6 Å². The van der Waals surface area contributed by atoms with Gasteiger partial charge >= 0.3 is 0 Å². The predicted molar refractivity (Wildman–Crippen MR) is 71.1 cm³/mol. The fraction of sp³-hybridized carbons (Fsp3) is 0.462. The van der Waals surface area contributed by atoms with Crippen molar-refractivity contribution in [3.8, 4) is 6.07 Å². The van der Waals surface area contributed by atoms with Gasteiger partial charge in [0.1, 0.15) is 6.07 Å². The summed E-state index contributed by atoms with van der Waals surface area (Å²) in [5, 5.41) is 8.88. The number of methoxy groups -OCH3 is 1. The van der Waals surface area contributed by atoms with Crippen molar-refractivity contribution in [2.24, 2.45) is 5.92 Å². The van der Waals surface area contributed by atoms with Gasteiger partial charge in [-0.1, -0.05) is 0 Å². The standard InChI is InChI=1S/C13H15BrN2O/c1-17-9-10-4-5-16(8-10)12-3-2-11(7-15)13(14)6-12/h2-3,6,10H,4-5,8-9H2,1H3. The molecule has 0 N–H and O–H groups in total. The highest BCUT2D eigenvalue weighted by Gasteiger charge is 2.22. The normalized spacial score (nSPS) is 19.4. The first-order valence-corrected chi connectivity index (χ1v) is 6.47. The highest BCUT2D eigenvalue weighted by Crippen LogP contribution is 2.28. The van der Waals surface area contributed by atoms with Crippen molar-refractivity contribution in [3.05, 3.63) is 28.2 Å². The molecule has 0 bridgehead atoms. The molecular weight excluding hydrogens is 280 g/mol. The number of hydrogen-bond donors (Lipinski definition) is 0. The Kier molecular flexibility index (Phi) is 4.03. The molecule has 1 aliphatic heterocycles. The summed E-state index contributed by atoms with van der Waals surface area (Å²) >= 11 is 3.43. The molecule has 0 spiro atoms. The number of ether oxygens (including phenoxy) is 1. The van der Waals surface area contributed by atoms with Crippen LogP contribution in [0, 0.1) is 17.2 Å². The van der Waals surface area contributed by atoms with Gasteiger partial charge in [0.2, 0.25) is 0 Å². The Morgan fingerprint density at radius 3 is 3.06 bits per heavy atom. The Hall–Kier alpha value is -1.05. The van der Waals surface area contributed by atoms with Crippen LogP contribution < -0.4 is 4.90 Å². The van der Waals surface area contributed by atoms with Crippen molar-refractivity contribution in [2.75, 3.05) is 31.7 Å². The number of benzene rings is 1. The zero-order valence-corrected chi connectivity index (χ0v) is 11.4. The molecule has 90 valence electrons. The van der Waals surface area contributed by atoms with Crippen LogP contribution in [0.25, 0.3) is 0 Å². The molecule has 3 nitrogen and oxygen atoms in total. The van der Waals surface area contributed by atoms with Gasteiger partial charge in [-0.05, 0) is 40.5 Å². The van der Waals surface area contributed by atoms with E-state index in [1.165, 1.54) is 12.1 Å². The Labute approximate surface area is 110 Å². The quantitative estimate of drug-likeness (QED) is 0.860. The van der Waals surface area contributed by atoms with E-state index >= 15 is 0 Å². The van der Waals surface area contributed by atoms with E-state index in [0.29, 0.717) is 11.5 Å². The maximum Gasteiger partial charge on any atom is 0.100 e. The van der Waals surface area contributed by atoms with Gasteiger partial charge in [-0.25, -0.2) is 0 Å². The van der Waals surface area contributed by atoms with E-state index in [9.17, 15) is 0 Å². The van der Waals surface area contributed by atoms with E-state index < -0.39 is 0 Å². The van der Waals surface area contributed by atoms with Crippen molar-refractivity contribution in [1.29, 1.82) is 5.26 Å². The van der Waals surface area contributed by atoms with Gasteiger partial charge in [-0.2, -0.15) is 5.26 Å². The van der Waals surface area contributed by atoms with Crippen LogP contribution in [0.5, 0.6) is 0 Å². The second-order valence-electron chi connectivity index (χ2n) is 4.33.